The van der Waals surface area contributed by atoms with Crippen molar-refractivity contribution < 1.29 is 0 Å². The lowest BCUT2D eigenvalue weighted by molar-refractivity contribution is 0.399. The van der Waals surface area contributed by atoms with Crippen LogP contribution in [0.1, 0.15) is 17.5 Å². The second kappa shape index (κ2) is 4.88. The van der Waals surface area contributed by atoms with Gasteiger partial charge in [-0.05, 0) is 50.9 Å². The molecule has 0 radical (unpaired) electrons. The Bertz CT molecular complexity index is 340. The maximum absolute atomic E-state index is 3.62. The first-order valence-electron chi connectivity index (χ1n) is 6.15. The zero-order chi connectivity index (χ0) is 11.5. The molecule has 0 aliphatic carbocycles. The lowest BCUT2D eigenvalue weighted by Crippen LogP contribution is -2.19. The van der Waals surface area contributed by atoms with Crippen LogP contribution in [0.15, 0.2) is 18.2 Å². The van der Waals surface area contributed by atoms with Crippen LogP contribution in [0.25, 0.3) is 0 Å². The van der Waals surface area contributed by atoms with E-state index in [1.807, 2.05) is 0 Å². The molecule has 0 spiro atoms. The number of aryl methyl sites for hydroxylation is 2. The molecule has 1 N–H and O–H groups in total. The zero-order valence-corrected chi connectivity index (χ0v) is 10.6. The Morgan fingerprint density at radius 2 is 2.00 bits per heavy atom. The van der Waals surface area contributed by atoms with Crippen LogP contribution in [-0.2, 0) is 0 Å². The average Bonchev–Trinajstić information content (AvgIpc) is 2.63. The van der Waals surface area contributed by atoms with Crippen molar-refractivity contribution in [1.29, 1.82) is 0 Å². The second-order valence-electron chi connectivity index (χ2n) is 5.06. The lowest BCUT2D eigenvalue weighted by Gasteiger charge is -2.16. The SMILES string of the molecule is Cc1cccc(C)c1NCC1CCN(C)C1. The molecule has 1 atom stereocenters. The van der Waals surface area contributed by atoms with E-state index in [1.54, 1.807) is 0 Å². The normalized spacial score (nSPS) is 21.3. The van der Waals surface area contributed by atoms with Gasteiger partial charge in [0, 0.05) is 18.8 Å². The Hall–Kier alpha value is -1.02. The van der Waals surface area contributed by atoms with Crippen molar-refractivity contribution in [2.24, 2.45) is 5.92 Å². The number of hydrogen-bond acceptors (Lipinski definition) is 2. The van der Waals surface area contributed by atoms with Gasteiger partial charge in [0.25, 0.3) is 0 Å². The maximum Gasteiger partial charge on any atom is 0.0399 e. The van der Waals surface area contributed by atoms with E-state index in [2.05, 4.69) is 49.3 Å². The second-order valence-corrected chi connectivity index (χ2v) is 5.06. The van der Waals surface area contributed by atoms with Crippen molar-refractivity contribution in [2.75, 3.05) is 32.0 Å². The molecule has 0 amide bonds. The molecule has 2 rings (SSSR count). The van der Waals surface area contributed by atoms with E-state index in [0.29, 0.717) is 0 Å². The number of anilines is 1. The van der Waals surface area contributed by atoms with E-state index in [0.717, 1.165) is 12.5 Å². The van der Waals surface area contributed by atoms with E-state index in [1.165, 1.54) is 36.3 Å². The first kappa shape index (κ1) is 11.5. The van der Waals surface area contributed by atoms with Crippen molar-refractivity contribution in [1.82, 2.24) is 4.90 Å². The van der Waals surface area contributed by atoms with Crippen LogP contribution in [0.5, 0.6) is 0 Å². The molecule has 1 fully saturated rings. The molecule has 2 heteroatoms. The third-order valence-corrected chi connectivity index (χ3v) is 3.54. The molecule has 1 aromatic rings. The van der Waals surface area contributed by atoms with Gasteiger partial charge in [-0.1, -0.05) is 18.2 Å². The third kappa shape index (κ3) is 2.56. The van der Waals surface area contributed by atoms with Gasteiger partial charge in [0.2, 0.25) is 0 Å². The van der Waals surface area contributed by atoms with Crippen LogP contribution in [0, 0.1) is 19.8 Å². The van der Waals surface area contributed by atoms with Gasteiger partial charge in [-0.25, -0.2) is 0 Å². The summed E-state index contributed by atoms with van der Waals surface area (Å²) in [5.41, 5.74) is 4.04. The summed E-state index contributed by atoms with van der Waals surface area (Å²) in [6.45, 7) is 7.94. The van der Waals surface area contributed by atoms with E-state index in [-0.39, 0.29) is 0 Å². The maximum atomic E-state index is 3.62. The predicted octanol–water partition coefficient (Wildman–Crippen LogP) is 2.67. The monoisotopic (exact) mass is 218 g/mol. The summed E-state index contributed by atoms with van der Waals surface area (Å²) in [6, 6.07) is 6.48. The highest BCUT2D eigenvalue weighted by Crippen LogP contribution is 2.21. The highest BCUT2D eigenvalue weighted by atomic mass is 15.1. The van der Waals surface area contributed by atoms with Gasteiger partial charge >= 0.3 is 0 Å². The first-order chi connectivity index (χ1) is 7.66. The number of benzene rings is 1. The summed E-state index contributed by atoms with van der Waals surface area (Å²) >= 11 is 0. The minimum atomic E-state index is 0.809. The number of likely N-dealkylation sites (tertiary alicyclic amines) is 1. The molecule has 1 unspecified atom stereocenters. The van der Waals surface area contributed by atoms with Crippen LogP contribution >= 0.6 is 0 Å². The van der Waals surface area contributed by atoms with E-state index in [4.69, 9.17) is 0 Å². The number of rotatable bonds is 3. The quantitative estimate of drug-likeness (QED) is 0.839. The number of nitrogens with one attached hydrogen (secondary N) is 1. The van der Waals surface area contributed by atoms with Crippen LogP contribution in [0.2, 0.25) is 0 Å². The molecule has 0 aromatic heterocycles. The van der Waals surface area contributed by atoms with Gasteiger partial charge in [-0.15, -0.1) is 0 Å². The minimum absolute atomic E-state index is 0.809. The van der Waals surface area contributed by atoms with Crippen molar-refractivity contribution in [2.45, 2.75) is 20.3 Å². The van der Waals surface area contributed by atoms with Crippen LogP contribution in [0.3, 0.4) is 0 Å². The lowest BCUT2D eigenvalue weighted by atomic mass is 10.1. The van der Waals surface area contributed by atoms with Crippen molar-refractivity contribution in [3.05, 3.63) is 29.3 Å². The highest BCUT2D eigenvalue weighted by molar-refractivity contribution is 5.56. The van der Waals surface area contributed by atoms with Gasteiger partial charge in [0.1, 0.15) is 0 Å². The van der Waals surface area contributed by atoms with Crippen LogP contribution < -0.4 is 5.32 Å². The van der Waals surface area contributed by atoms with Crippen molar-refractivity contribution >= 4 is 5.69 Å². The van der Waals surface area contributed by atoms with E-state index < -0.39 is 0 Å². The van der Waals surface area contributed by atoms with Crippen molar-refractivity contribution in [3.63, 3.8) is 0 Å². The fraction of sp³-hybridized carbons (Fsp3) is 0.571. The summed E-state index contributed by atoms with van der Waals surface area (Å²) < 4.78 is 0. The zero-order valence-electron chi connectivity index (χ0n) is 10.6. The molecule has 16 heavy (non-hydrogen) atoms. The molecule has 88 valence electrons. The molecule has 0 saturated carbocycles. The fourth-order valence-electron chi connectivity index (χ4n) is 2.53. The highest BCUT2D eigenvalue weighted by Gasteiger charge is 2.19. The van der Waals surface area contributed by atoms with Gasteiger partial charge in [0.15, 0.2) is 0 Å². The number of para-hydroxylation sites is 1. The molecule has 1 aliphatic rings. The molecule has 0 bridgehead atoms. The molecule has 1 aromatic carbocycles. The Labute approximate surface area is 98.7 Å². The largest absolute Gasteiger partial charge is 0.384 e. The average molecular weight is 218 g/mol. The molecular weight excluding hydrogens is 196 g/mol. The fourth-order valence-corrected chi connectivity index (χ4v) is 2.53. The molecular formula is C14H22N2. The number of nitrogens with zero attached hydrogens (tertiary/aromatic N) is 1. The summed E-state index contributed by atoms with van der Waals surface area (Å²) in [5.74, 6) is 0.809. The summed E-state index contributed by atoms with van der Waals surface area (Å²) in [4.78, 5) is 2.41. The van der Waals surface area contributed by atoms with E-state index in [9.17, 15) is 0 Å². The predicted molar refractivity (Wildman–Crippen MR) is 70.0 cm³/mol. The first-order valence-corrected chi connectivity index (χ1v) is 6.15. The minimum Gasteiger partial charge on any atom is -0.384 e. The molecule has 2 nitrogen and oxygen atoms in total. The van der Waals surface area contributed by atoms with Crippen LogP contribution in [0.4, 0.5) is 5.69 Å². The Kier molecular flexibility index (Phi) is 3.49. The van der Waals surface area contributed by atoms with Crippen molar-refractivity contribution in [3.8, 4) is 0 Å². The molecule has 1 heterocycles. The molecule has 1 saturated heterocycles. The Balaban J connectivity index is 1.94. The smallest absolute Gasteiger partial charge is 0.0399 e. The third-order valence-electron chi connectivity index (χ3n) is 3.54. The van der Waals surface area contributed by atoms with Crippen LogP contribution in [-0.4, -0.2) is 31.6 Å². The Morgan fingerprint density at radius 3 is 2.56 bits per heavy atom. The summed E-state index contributed by atoms with van der Waals surface area (Å²) in [7, 11) is 2.21. The Morgan fingerprint density at radius 1 is 1.31 bits per heavy atom. The summed E-state index contributed by atoms with van der Waals surface area (Å²) in [6.07, 6.45) is 1.33. The van der Waals surface area contributed by atoms with Gasteiger partial charge < -0.3 is 10.2 Å². The van der Waals surface area contributed by atoms with E-state index >= 15 is 0 Å². The summed E-state index contributed by atoms with van der Waals surface area (Å²) in [5, 5.41) is 3.62. The van der Waals surface area contributed by atoms with Gasteiger partial charge in [-0.3, -0.25) is 0 Å². The topological polar surface area (TPSA) is 15.3 Å². The van der Waals surface area contributed by atoms with Gasteiger partial charge in [0.05, 0.1) is 0 Å². The number of hydrogen-bond donors (Lipinski definition) is 1. The molecule has 1 aliphatic heterocycles. The standard InChI is InChI=1S/C14H22N2/c1-11-5-4-6-12(2)14(11)15-9-13-7-8-16(3)10-13/h4-6,13,15H,7-10H2,1-3H3. The van der Waals surface area contributed by atoms with Gasteiger partial charge in [-0.2, -0.15) is 0 Å².